The van der Waals surface area contributed by atoms with Gasteiger partial charge in [-0.15, -0.1) is 0 Å². The lowest BCUT2D eigenvalue weighted by molar-refractivity contribution is -0.142. The molecule has 1 amide bonds. The van der Waals surface area contributed by atoms with Gasteiger partial charge in [0.1, 0.15) is 6.04 Å². The Hall–Kier alpha value is -1.93. The molecule has 1 N–H and O–H groups in total. The SMILES string of the molecule is COC(=O)[C@@H](C)NC(=O)c1ccc(S(=O)(=O)N(C)C)cc1. The zero-order chi connectivity index (χ0) is 16.2. The highest BCUT2D eigenvalue weighted by molar-refractivity contribution is 7.89. The van der Waals surface area contributed by atoms with Crippen molar-refractivity contribution in [2.75, 3.05) is 21.2 Å². The second kappa shape index (κ2) is 6.68. The van der Waals surface area contributed by atoms with Crippen LogP contribution in [0.15, 0.2) is 29.2 Å². The third-order valence-electron chi connectivity index (χ3n) is 2.80. The van der Waals surface area contributed by atoms with Crippen LogP contribution in [0.5, 0.6) is 0 Å². The summed E-state index contributed by atoms with van der Waals surface area (Å²) in [7, 11) is 0.545. The zero-order valence-corrected chi connectivity index (χ0v) is 13.1. The number of hydrogen-bond donors (Lipinski definition) is 1. The monoisotopic (exact) mass is 314 g/mol. The van der Waals surface area contributed by atoms with Gasteiger partial charge in [0, 0.05) is 19.7 Å². The van der Waals surface area contributed by atoms with Gasteiger partial charge in [0.05, 0.1) is 12.0 Å². The number of rotatable bonds is 5. The average molecular weight is 314 g/mol. The summed E-state index contributed by atoms with van der Waals surface area (Å²) in [4.78, 5) is 23.2. The molecule has 1 atom stereocenters. The van der Waals surface area contributed by atoms with Crippen LogP contribution in [0.25, 0.3) is 0 Å². The van der Waals surface area contributed by atoms with Crippen molar-refractivity contribution < 1.29 is 22.7 Å². The van der Waals surface area contributed by atoms with Crippen molar-refractivity contribution in [2.24, 2.45) is 0 Å². The highest BCUT2D eigenvalue weighted by Gasteiger charge is 2.19. The molecule has 0 saturated carbocycles. The number of hydrogen-bond acceptors (Lipinski definition) is 5. The van der Waals surface area contributed by atoms with E-state index in [1.807, 2.05) is 0 Å². The Morgan fingerprint density at radius 3 is 2.14 bits per heavy atom. The van der Waals surface area contributed by atoms with Gasteiger partial charge in [0.15, 0.2) is 0 Å². The fourth-order valence-electron chi connectivity index (χ4n) is 1.50. The molecule has 21 heavy (non-hydrogen) atoms. The van der Waals surface area contributed by atoms with Crippen molar-refractivity contribution in [3.63, 3.8) is 0 Å². The third-order valence-corrected chi connectivity index (χ3v) is 4.63. The minimum absolute atomic E-state index is 0.0880. The van der Waals surface area contributed by atoms with E-state index in [9.17, 15) is 18.0 Å². The van der Waals surface area contributed by atoms with E-state index in [4.69, 9.17) is 0 Å². The van der Waals surface area contributed by atoms with Crippen LogP contribution in [0.4, 0.5) is 0 Å². The Bertz CT molecular complexity index is 622. The molecule has 0 fully saturated rings. The number of sulfonamides is 1. The molecular formula is C13H18N2O5S. The fraction of sp³-hybridized carbons (Fsp3) is 0.385. The second-order valence-electron chi connectivity index (χ2n) is 4.53. The summed E-state index contributed by atoms with van der Waals surface area (Å²) in [5.41, 5.74) is 0.253. The first kappa shape index (κ1) is 17.1. The summed E-state index contributed by atoms with van der Waals surface area (Å²) >= 11 is 0. The molecule has 0 aliphatic heterocycles. The highest BCUT2D eigenvalue weighted by atomic mass is 32.2. The first-order chi connectivity index (χ1) is 9.70. The van der Waals surface area contributed by atoms with E-state index in [1.54, 1.807) is 0 Å². The summed E-state index contributed by atoms with van der Waals surface area (Å²) in [5, 5.41) is 2.45. The van der Waals surface area contributed by atoms with Gasteiger partial charge in [-0.25, -0.2) is 17.5 Å². The van der Waals surface area contributed by atoms with E-state index >= 15 is 0 Å². The average Bonchev–Trinajstić information content (AvgIpc) is 2.46. The van der Waals surface area contributed by atoms with Crippen LogP contribution in [0.1, 0.15) is 17.3 Å². The molecule has 116 valence electrons. The van der Waals surface area contributed by atoms with Crippen molar-refractivity contribution in [1.29, 1.82) is 0 Å². The van der Waals surface area contributed by atoms with E-state index in [-0.39, 0.29) is 10.5 Å². The lowest BCUT2D eigenvalue weighted by Crippen LogP contribution is -2.39. The molecule has 0 spiro atoms. The molecular weight excluding hydrogens is 296 g/mol. The maximum absolute atomic E-state index is 11.9. The maximum Gasteiger partial charge on any atom is 0.328 e. The highest BCUT2D eigenvalue weighted by Crippen LogP contribution is 2.14. The van der Waals surface area contributed by atoms with Gasteiger partial charge in [0.25, 0.3) is 5.91 Å². The molecule has 1 aromatic carbocycles. The number of carbonyl (C=O) groups excluding carboxylic acids is 2. The quantitative estimate of drug-likeness (QED) is 0.785. The number of amides is 1. The molecule has 7 nitrogen and oxygen atoms in total. The standard InChI is InChI=1S/C13H18N2O5S/c1-9(13(17)20-4)14-12(16)10-5-7-11(8-6-10)21(18,19)15(2)3/h5-9H,1-4H3,(H,14,16)/t9-/m1/s1. The van der Waals surface area contributed by atoms with Gasteiger partial charge < -0.3 is 10.1 Å². The van der Waals surface area contributed by atoms with Crippen LogP contribution >= 0.6 is 0 Å². The zero-order valence-electron chi connectivity index (χ0n) is 12.3. The Morgan fingerprint density at radius 2 is 1.71 bits per heavy atom. The molecule has 0 heterocycles. The van der Waals surface area contributed by atoms with Crippen molar-refractivity contribution >= 4 is 21.9 Å². The van der Waals surface area contributed by atoms with Crippen molar-refractivity contribution in [3.8, 4) is 0 Å². The van der Waals surface area contributed by atoms with E-state index in [1.165, 1.54) is 52.4 Å². The van der Waals surface area contributed by atoms with Crippen molar-refractivity contribution in [2.45, 2.75) is 17.9 Å². The molecule has 0 unspecified atom stereocenters. The molecule has 0 aliphatic rings. The van der Waals surface area contributed by atoms with Crippen molar-refractivity contribution in [3.05, 3.63) is 29.8 Å². The number of carbonyl (C=O) groups is 2. The number of ether oxygens (including phenoxy) is 1. The minimum atomic E-state index is -3.53. The smallest absolute Gasteiger partial charge is 0.328 e. The van der Waals surface area contributed by atoms with Gasteiger partial charge in [-0.05, 0) is 31.2 Å². The van der Waals surface area contributed by atoms with Crippen LogP contribution in [-0.2, 0) is 19.6 Å². The Morgan fingerprint density at radius 1 is 1.19 bits per heavy atom. The van der Waals surface area contributed by atoms with Gasteiger partial charge >= 0.3 is 5.97 Å². The predicted molar refractivity (Wildman–Crippen MR) is 76.3 cm³/mol. The van der Waals surface area contributed by atoms with E-state index in [0.29, 0.717) is 0 Å². The molecule has 1 rings (SSSR count). The Kier molecular flexibility index (Phi) is 5.45. The topological polar surface area (TPSA) is 92.8 Å². The molecule has 0 saturated heterocycles. The summed E-state index contributed by atoms with van der Waals surface area (Å²) in [6, 6.07) is 4.67. The van der Waals surface area contributed by atoms with Crippen LogP contribution < -0.4 is 5.32 Å². The summed E-state index contributed by atoms with van der Waals surface area (Å²) in [6.07, 6.45) is 0. The minimum Gasteiger partial charge on any atom is -0.467 e. The van der Waals surface area contributed by atoms with Gasteiger partial charge in [-0.1, -0.05) is 0 Å². The number of nitrogens with one attached hydrogen (secondary N) is 1. The fourth-order valence-corrected chi connectivity index (χ4v) is 2.41. The van der Waals surface area contributed by atoms with Crippen LogP contribution in [0.3, 0.4) is 0 Å². The summed E-state index contributed by atoms with van der Waals surface area (Å²) < 4.78 is 29.4. The first-order valence-corrected chi connectivity index (χ1v) is 7.55. The van der Waals surface area contributed by atoms with E-state index in [2.05, 4.69) is 10.1 Å². The molecule has 0 radical (unpaired) electrons. The van der Waals surface area contributed by atoms with E-state index in [0.717, 1.165) is 4.31 Å². The normalized spacial score (nSPS) is 12.8. The molecule has 8 heteroatoms. The second-order valence-corrected chi connectivity index (χ2v) is 6.68. The van der Waals surface area contributed by atoms with E-state index < -0.39 is 27.9 Å². The third kappa shape index (κ3) is 4.02. The largest absolute Gasteiger partial charge is 0.467 e. The molecule has 0 aliphatic carbocycles. The van der Waals surface area contributed by atoms with Crippen molar-refractivity contribution in [1.82, 2.24) is 9.62 Å². The van der Waals surface area contributed by atoms with Crippen LogP contribution in [0, 0.1) is 0 Å². The predicted octanol–water partition coefficient (Wildman–Crippen LogP) is 0.228. The number of nitrogens with zero attached hydrogens (tertiary/aromatic N) is 1. The number of esters is 1. The lowest BCUT2D eigenvalue weighted by Gasteiger charge is -2.13. The Labute approximate surface area is 123 Å². The molecule has 1 aromatic rings. The summed E-state index contributed by atoms with van der Waals surface area (Å²) in [5.74, 6) is -1.04. The lowest BCUT2D eigenvalue weighted by atomic mass is 10.2. The Balaban J connectivity index is 2.88. The van der Waals surface area contributed by atoms with Gasteiger partial charge in [-0.3, -0.25) is 4.79 Å². The molecule has 0 aromatic heterocycles. The summed E-state index contributed by atoms with van der Waals surface area (Å²) in [6.45, 7) is 1.49. The number of benzene rings is 1. The maximum atomic E-state index is 11.9. The van der Waals surface area contributed by atoms with Crippen LogP contribution in [0.2, 0.25) is 0 Å². The van der Waals surface area contributed by atoms with Gasteiger partial charge in [-0.2, -0.15) is 0 Å². The van der Waals surface area contributed by atoms with Gasteiger partial charge in [0.2, 0.25) is 10.0 Å². The van der Waals surface area contributed by atoms with Crippen LogP contribution in [-0.4, -0.2) is 51.8 Å². The molecule has 0 bridgehead atoms. The number of methoxy groups -OCH3 is 1. The first-order valence-electron chi connectivity index (χ1n) is 6.11.